The molecule has 0 aliphatic rings. The van der Waals surface area contributed by atoms with E-state index in [0.29, 0.717) is 5.69 Å². The van der Waals surface area contributed by atoms with Gasteiger partial charge in [0, 0.05) is 23.2 Å². The summed E-state index contributed by atoms with van der Waals surface area (Å²) < 4.78 is 0. The lowest BCUT2D eigenvalue weighted by Gasteiger charge is -2.08. The molecule has 2 heterocycles. The molecule has 6 nitrogen and oxygen atoms in total. The Bertz CT molecular complexity index is 507. The summed E-state index contributed by atoms with van der Waals surface area (Å²) in [6.45, 7) is 0. The first-order valence-electron chi connectivity index (χ1n) is 4.30. The molecule has 0 radical (unpaired) electrons. The minimum absolute atomic E-state index is 0.377. The van der Waals surface area contributed by atoms with Crippen molar-refractivity contribution in [3.63, 3.8) is 0 Å². The molecule has 76 valence electrons. The maximum atomic E-state index is 11.0. The van der Waals surface area contributed by atoms with E-state index in [-0.39, 0.29) is 0 Å². The highest BCUT2D eigenvalue weighted by molar-refractivity contribution is 5.89. The van der Waals surface area contributed by atoms with Crippen LogP contribution in [0.2, 0.25) is 0 Å². The normalized spacial score (nSPS) is 12.6. The van der Waals surface area contributed by atoms with Crippen molar-refractivity contribution in [2.24, 2.45) is 11.5 Å². The molecule has 0 fully saturated rings. The summed E-state index contributed by atoms with van der Waals surface area (Å²) in [7, 11) is 0. The van der Waals surface area contributed by atoms with Crippen LogP contribution in [0, 0.1) is 0 Å². The standard InChI is InChI=1S/C9H9N5O/c10-7(9(11)15)8-6-1-2-12-3-5(6)4-13-14-8/h1-4,7H,10H2,(H2,11,15). The first-order valence-corrected chi connectivity index (χ1v) is 4.30. The summed E-state index contributed by atoms with van der Waals surface area (Å²) in [5.74, 6) is -0.631. The fraction of sp³-hybridized carbons (Fsp3) is 0.111. The summed E-state index contributed by atoms with van der Waals surface area (Å²) >= 11 is 0. The zero-order valence-corrected chi connectivity index (χ0v) is 7.79. The van der Waals surface area contributed by atoms with Crippen molar-refractivity contribution < 1.29 is 4.79 Å². The van der Waals surface area contributed by atoms with Gasteiger partial charge < -0.3 is 11.5 Å². The van der Waals surface area contributed by atoms with E-state index in [2.05, 4.69) is 15.2 Å². The van der Waals surface area contributed by atoms with Crippen LogP contribution in [0.3, 0.4) is 0 Å². The molecule has 6 heteroatoms. The first-order chi connectivity index (χ1) is 7.20. The molecule has 2 rings (SSSR count). The SMILES string of the molecule is NC(=O)C(N)c1nncc2cnccc12. The van der Waals surface area contributed by atoms with E-state index in [1.54, 1.807) is 24.7 Å². The van der Waals surface area contributed by atoms with Gasteiger partial charge >= 0.3 is 0 Å². The summed E-state index contributed by atoms with van der Waals surface area (Å²) in [5, 5.41) is 9.08. The van der Waals surface area contributed by atoms with Crippen LogP contribution < -0.4 is 11.5 Å². The number of primary amides is 1. The lowest BCUT2D eigenvalue weighted by Crippen LogP contribution is -2.29. The molecule has 1 amide bonds. The van der Waals surface area contributed by atoms with Crippen LogP contribution in [0.15, 0.2) is 24.7 Å². The van der Waals surface area contributed by atoms with E-state index in [1.165, 1.54) is 0 Å². The molecule has 0 bridgehead atoms. The number of carbonyl (C=O) groups is 1. The monoisotopic (exact) mass is 203 g/mol. The highest BCUT2D eigenvalue weighted by Crippen LogP contribution is 2.18. The maximum absolute atomic E-state index is 11.0. The van der Waals surface area contributed by atoms with Crippen LogP contribution in [0.25, 0.3) is 10.8 Å². The lowest BCUT2D eigenvalue weighted by molar-refractivity contribution is -0.119. The zero-order chi connectivity index (χ0) is 10.8. The molecule has 0 aliphatic carbocycles. The Morgan fingerprint density at radius 3 is 2.93 bits per heavy atom. The number of amides is 1. The number of nitrogens with zero attached hydrogens (tertiary/aromatic N) is 3. The molecular weight excluding hydrogens is 194 g/mol. The highest BCUT2D eigenvalue weighted by atomic mass is 16.1. The smallest absolute Gasteiger partial charge is 0.240 e. The van der Waals surface area contributed by atoms with Gasteiger partial charge in [-0.2, -0.15) is 10.2 Å². The largest absolute Gasteiger partial charge is 0.368 e. The Balaban J connectivity index is 2.65. The molecule has 2 aromatic heterocycles. The fourth-order valence-corrected chi connectivity index (χ4v) is 1.31. The van der Waals surface area contributed by atoms with Gasteiger partial charge in [0.25, 0.3) is 0 Å². The van der Waals surface area contributed by atoms with Crippen LogP contribution in [0.5, 0.6) is 0 Å². The molecule has 1 unspecified atom stereocenters. The number of rotatable bonds is 2. The molecule has 2 aromatic rings. The molecule has 0 saturated heterocycles. The molecule has 4 N–H and O–H groups in total. The van der Waals surface area contributed by atoms with Gasteiger partial charge in [0.05, 0.1) is 11.9 Å². The van der Waals surface area contributed by atoms with E-state index >= 15 is 0 Å². The molecular formula is C9H9N5O. The second-order valence-corrected chi connectivity index (χ2v) is 3.07. The predicted molar refractivity (Wildman–Crippen MR) is 53.5 cm³/mol. The van der Waals surface area contributed by atoms with Crippen molar-refractivity contribution in [1.29, 1.82) is 0 Å². The van der Waals surface area contributed by atoms with Crippen LogP contribution in [-0.4, -0.2) is 21.1 Å². The zero-order valence-electron chi connectivity index (χ0n) is 7.79. The summed E-state index contributed by atoms with van der Waals surface area (Å²) in [4.78, 5) is 14.9. The van der Waals surface area contributed by atoms with Crippen molar-refractivity contribution in [3.8, 4) is 0 Å². The molecule has 0 aromatic carbocycles. The topological polar surface area (TPSA) is 108 Å². The Kier molecular flexibility index (Phi) is 2.26. The molecule has 15 heavy (non-hydrogen) atoms. The van der Waals surface area contributed by atoms with Crippen molar-refractivity contribution in [1.82, 2.24) is 15.2 Å². The van der Waals surface area contributed by atoms with Crippen LogP contribution in [0.4, 0.5) is 0 Å². The number of hydrogen-bond acceptors (Lipinski definition) is 5. The minimum atomic E-state index is -0.941. The number of carbonyl (C=O) groups excluding carboxylic acids is 1. The van der Waals surface area contributed by atoms with Gasteiger partial charge in [-0.3, -0.25) is 9.78 Å². The van der Waals surface area contributed by atoms with Crippen LogP contribution >= 0.6 is 0 Å². The van der Waals surface area contributed by atoms with Gasteiger partial charge in [-0.1, -0.05) is 0 Å². The van der Waals surface area contributed by atoms with Gasteiger partial charge in [0.15, 0.2) is 0 Å². The number of fused-ring (bicyclic) bond motifs is 1. The van der Waals surface area contributed by atoms with Gasteiger partial charge in [-0.05, 0) is 6.07 Å². The summed E-state index contributed by atoms with van der Waals surface area (Å²) in [5.41, 5.74) is 11.1. The molecule has 0 saturated carbocycles. The quantitative estimate of drug-likeness (QED) is 0.684. The molecule has 0 spiro atoms. The average Bonchev–Trinajstić information content (AvgIpc) is 2.27. The lowest BCUT2D eigenvalue weighted by atomic mass is 10.1. The van der Waals surface area contributed by atoms with Gasteiger partial charge in [-0.15, -0.1) is 0 Å². The van der Waals surface area contributed by atoms with E-state index in [0.717, 1.165) is 10.8 Å². The fourth-order valence-electron chi connectivity index (χ4n) is 1.31. The number of nitrogens with two attached hydrogens (primary N) is 2. The van der Waals surface area contributed by atoms with Crippen molar-refractivity contribution >= 4 is 16.7 Å². The van der Waals surface area contributed by atoms with E-state index in [4.69, 9.17) is 11.5 Å². The van der Waals surface area contributed by atoms with E-state index < -0.39 is 11.9 Å². The number of aromatic nitrogens is 3. The third kappa shape index (κ3) is 1.62. The Hall–Kier alpha value is -2.08. The minimum Gasteiger partial charge on any atom is -0.368 e. The Morgan fingerprint density at radius 1 is 1.40 bits per heavy atom. The van der Waals surface area contributed by atoms with E-state index in [9.17, 15) is 4.79 Å². The summed E-state index contributed by atoms with van der Waals surface area (Å²) in [6, 6.07) is 0.783. The van der Waals surface area contributed by atoms with Crippen LogP contribution in [0.1, 0.15) is 11.7 Å². The van der Waals surface area contributed by atoms with Crippen LogP contribution in [-0.2, 0) is 4.79 Å². The average molecular weight is 203 g/mol. The number of pyridine rings is 1. The molecule has 1 atom stereocenters. The summed E-state index contributed by atoms with van der Waals surface area (Å²) in [6.07, 6.45) is 4.78. The number of hydrogen-bond donors (Lipinski definition) is 2. The van der Waals surface area contributed by atoms with Crippen molar-refractivity contribution in [3.05, 3.63) is 30.4 Å². The Labute approximate surface area is 85.3 Å². The van der Waals surface area contributed by atoms with Crippen molar-refractivity contribution in [2.75, 3.05) is 0 Å². The van der Waals surface area contributed by atoms with E-state index in [1.807, 2.05) is 0 Å². The second kappa shape index (κ2) is 3.58. The third-order valence-electron chi connectivity index (χ3n) is 2.09. The second-order valence-electron chi connectivity index (χ2n) is 3.07. The van der Waals surface area contributed by atoms with Gasteiger partial charge in [0.1, 0.15) is 6.04 Å². The third-order valence-corrected chi connectivity index (χ3v) is 2.09. The van der Waals surface area contributed by atoms with Gasteiger partial charge in [0.2, 0.25) is 5.91 Å². The Morgan fingerprint density at radius 2 is 2.20 bits per heavy atom. The highest BCUT2D eigenvalue weighted by Gasteiger charge is 2.17. The first kappa shape index (κ1) is 9.47. The van der Waals surface area contributed by atoms with Crippen molar-refractivity contribution in [2.45, 2.75) is 6.04 Å². The maximum Gasteiger partial charge on any atom is 0.240 e. The van der Waals surface area contributed by atoms with Gasteiger partial charge in [-0.25, -0.2) is 0 Å². The molecule has 0 aliphatic heterocycles. The predicted octanol–water partition coefficient (Wildman–Crippen LogP) is -0.490.